The third kappa shape index (κ3) is 1.93. The number of aromatic nitrogens is 1. The highest BCUT2D eigenvalue weighted by molar-refractivity contribution is 5.49. The summed E-state index contributed by atoms with van der Waals surface area (Å²) in [4.78, 5) is 6.97. The number of nitrogens with zero attached hydrogens (tertiary/aromatic N) is 2. The van der Waals surface area contributed by atoms with Crippen LogP contribution in [0.5, 0.6) is 0 Å². The summed E-state index contributed by atoms with van der Waals surface area (Å²) >= 11 is 0. The first-order chi connectivity index (χ1) is 8.28. The van der Waals surface area contributed by atoms with Gasteiger partial charge in [0.15, 0.2) is 0 Å². The molecule has 2 fully saturated rings. The number of pyridine rings is 1. The number of piperidine rings is 1. The first kappa shape index (κ1) is 11.0. The third-order valence-corrected chi connectivity index (χ3v) is 4.18. The van der Waals surface area contributed by atoms with Crippen molar-refractivity contribution in [1.82, 2.24) is 4.98 Å². The fourth-order valence-electron chi connectivity index (χ4n) is 3.35. The van der Waals surface area contributed by atoms with Gasteiger partial charge >= 0.3 is 0 Å². The highest BCUT2D eigenvalue weighted by atomic mass is 16.3. The summed E-state index contributed by atoms with van der Waals surface area (Å²) in [7, 11) is 0. The molecular weight excluding hydrogens is 212 g/mol. The van der Waals surface area contributed by atoms with E-state index in [9.17, 15) is 5.11 Å². The van der Waals surface area contributed by atoms with Crippen LogP contribution >= 0.6 is 0 Å². The molecule has 1 N–H and O–H groups in total. The van der Waals surface area contributed by atoms with E-state index in [-0.39, 0.29) is 6.10 Å². The van der Waals surface area contributed by atoms with E-state index in [1.54, 1.807) is 0 Å². The van der Waals surface area contributed by atoms with E-state index in [2.05, 4.69) is 28.9 Å². The van der Waals surface area contributed by atoms with Crippen molar-refractivity contribution in [1.29, 1.82) is 0 Å². The Balaban J connectivity index is 1.84. The zero-order valence-corrected chi connectivity index (χ0v) is 10.3. The van der Waals surface area contributed by atoms with Crippen LogP contribution in [0.4, 0.5) is 5.69 Å². The Kier molecular flexibility index (Phi) is 2.79. The number of hydrogen-bond donors (Lipinski definition) is 1. The van der Waals surface area contributed by atoms with Crippen molar-refractivity contribution < 1.29 is 5.11 Å². The van der Waals surface area contributed by atoms with E-state index in [4.69, 9.17) is 0 Å². The number of aliphatic hydroxyl groups excluding tert-OH is 1. The lowest BCUT2D eigenvalue weighted by molar-refractivity contribution is 0.126. The molecule has 2 saturated heterocycles. The molecule has 17 heavy (non-hydrogen) atoms. The molecule has 3 rings (SSSR count). The van der Waals surface area contributed by atoms with E-state index in [0.29, 0.717) is 12.1 Å². The lowest BCUT2D eigenvalue weighted by Crippen LogP contribution is -2.44. The minimum Gasteiger partial charge on any atom is -0.393 e. The smallest absolute Gasteiger partial charge is 0.0579 e. The highest BCUT2D eigenvalue weighted by Gasteiger charge is 2.40. The van der Waals surface area contributed by atoms with Gasteiger partial charge in [0.1, 0.15) is 0 Å². The average molecular weight is 232 g/mol. The highest BCUT2D eigenvalue weighted by Crippen LogP contribution is 2.38. The van der Waals surface area contributed by atoms with Gasteiger partial charge in [-0.15, -0.1) is 0 Å². The topological polar surface area (TPSA) is 36.4 Å². The third-order valence-electron chi connectivity index (χ3n) is 4.18. The summed E-state index contributed by atoms with van der Waals surface area (Å²) in [6, 6.07) is 5.37. The lowest BCUT2D eigenvalue weighted by Gasteiger charge is -2.38. The van der Waals surface area contributed by atoms with E-state index in [1.165, 1.54) is 18.5 Å². The quantitative estimate of drug-likeness (QED) is 0.848. The van der Waals surface area contributed by atoms with Gasteiger partial charge < -0.3 is 10.0 Å². The first-order valence-corrected chi connectivity index (χ1v) is 6.69. The molecule has 2 aliphatic rings. The van der Waals surface area contributed by atoms with Gasteiger partial charge in [-0.3, -0.25) is 4.98 Å². The second-order valence-electron chi connectivity index (χ2n) is 5.28. The van der Waals surface area contributed by atoms with Gasteiger partial charge in [0.25, 0.3) is 0 Å². The molecule has 2 bridgehead atoms. The molecular formula is C14H20N2O. The summed E-state index contributed by atoms with van der Waals surface area (Å²) in [6.45, 7) is 2.13. The van der Waals surface area contributed by atoms with E-state index in [0.717, 1.165) is 25.0 Å². The van der Waals surface area contributed by atoms with E-state index >= 15 is 0 Å². The fraction of sp³-hybridized carbons (Fsp3) is 0.643. The van der Waals surface area contributed by atoms with Crippen LogP contribution in [0.2, 0.25) is 0 Å². The molecule has 1 aromatic rings. The van der Waals surface area contributed by atoms with Crippen LogP contribution in [0.15, 0.2) is 18.3 Å². The summed E-state index contributed by atoms with van der Waals surface area (Å²) in [6.07, 6.45) is 7.19. The van der Waals surface area contributed by atoms with Crippen molar-refractivity contribution in [2.24, 2.45) is 0 Å². The van der Waals surface area contributed by atoms with Gasteiger partial charge in [0.2, 0.25) is 0 Å². The van der Waals surface area contributed by atoms with Crippen LogP contribution in [0, 0.1) is 0 Å². The van der Waals surface area contributed by atoms with Crippen molar-refractivity contribution in [3.63, 3.8) is 0 Å². The maximum atomic E-state index is 9.79. The summed E-state index contributed by atoms with van der Waals surface area (Å²) in [5, 5.41) is 9.79. The second kappa shape index (κ2) is 4.30. The summed E-state index contributed by atoms with van der Waals surface area (Å²) < 4.78 is 0. The molecule has 0 radical (unpaired) electrons. The molecule has 0 saturated carbocycles. The number of aryl methyl sites for hydroxylation is 1. The van der Waals surface area contributed by atoms with E-state index in [1.807, 2.05) is 6.20 Å². The molecule has 3 heterocycles. The fourth-order valence-corrected chi connectivity index (χ4v) is 3.35. The first-order valence-electron chi connectivity index (χ1n) is 6.69. The minimum atomic E-state index is -0.0911. The number of aliphatic hydroxyl groups is 1. The number of rotatable bonds is 2. The molecule has 3 atom stereocenters. The van der Waals surface area contributed by atoms with Crippen LogP contribution in [0.1, 0.15) is 38.3 Å². The van der Waals surface area contributed by atoms with E-state index < -0.39 is 0 Å². The standard InChI is InChI=1S/C14H20N2O/c1-2-10-3-4-13(9-15-10)16-11-5-6-12(16)8-14(17)7-11/h3-4,9,11-12,14,17H,2,5-8H2,1H3/t11-,12+,14?. The van der Waals surface area contributed by atoms with Crippen molar-refractivity contribution in [3.05, 3.63) is 24.0 Å². The van der Waals surface area contributed by atoms with Gasteiger partial charge in [0, 0.05) is 17.8 Å². The Morgan fingerprint density at radius 1 is 1.29 bits per heavy atom. The van der Waals surface area contributed by atoms with Gasteiger partial charge in [-0.2, -0.15) is 0 Å². The average Bonchev–Trinajstić information content (AvgIpc) is 2.62. The molecule has 0 aromatic carbocycles. The van der Waals surface area contributed by atoms with Gasteiger partial charge in [-0.1, -0.05) is 6.92 Å². The molecule has 3 nitrogen and oxygen atoms in total. The maximum Gasteiger partial charge on any atom is 0.0579 e. The Morgan fingerprint density at radius 2 is 2.00 bits per heavy atom. The van der Waals surface area contributed by atoms with Crippen molar-refractivity contribution in [2.75, 3.05) is 4.90 Å². The Hall–Kier alpha value is -1.09. The molecule has 3 heteroatoms. The van der Waals surface area contributed by atoms with Crippen LogP contribution in [-0.4, -0.2) is 28.3 Å². The maximum absolute atomic E-state index is 9.79. The zero-order valence-electron chi connectivity index (χ0n) is 10.3. The predicted octanol–water partition coefficient (Wildman–Crippen LogP) is 2.14. The molecule has 0 aliphatic carbocycles. The number of anilines is 1. The molecule has 0 amide bonds. The van der Waals surface area contributed by atoms with Crippen LogP contribution in [-0.2, 0) is 6.42 Å². The summed E-state index contributed by atoms with van der Waals surface area (Å²) in [5.41, 5.74) is 2.39. The largest absolute Gasteiger partial charge is 0.393 e. The minimum absolute atomic E-state index is 0.0911. The molecule has 2 aliphatic heterocycles. The van der Waals surface area contributed by atoms with Crippen molar-refractivity contribution >= 4 is 5.69 Å². The predicted molar refractivity (Wildman–Crippen MR) is 68.1 cm³/mol. The van der Waals surface area contributed by atoms with Gasteiger partial charge in [-0.05, 0) is 44.2 Å². The van der Waals surface area contributed by atoms with Crippen LogP contribution in [0.25, 0.3) is 0 Å². The zero-order chi connectivity index (χ0) is 11.8. The number of fused-ring (bicyclic) bond motifs is 2. The van der Waals surface area contributed by atoms with Crippen molar-refractivity contribution in [3.8, 4) is 0 Å². The molecule has 1 aromatic heterocycles. The van der Waals surface area contributed by atoms with Crippen LogP contribution < -0.4 is 4.90 Å². The Labute approximate surface area is 102 Å². The second-order valence-corrected chi connectivity index (χ2v) is 5.28. The molecule has 92 valence electrons. The van der Waals surface area contributed by atoms with Crippen molar-refractivity contribution in [2.45, 2.75) is 57.2 Å². The monoisotopic (exact) mass is 232 g/mol. The molecule has 0 spiro atoms. The van der Waals surface area contributed by atoms with Crippen LogP contribution in [0.3, 0.4) is 0 Å². The van der Waals surface area contributed by atoms with Gasteiger partial charge in [-0.25, -0.2) is 0 Å². The lowest BCUT2D eigenvalue weighted by atomic mass is 9.99. The SMILES string of the molecule is CCc1ccc(N2[C@@H]3CC[C@H]2CC(O)C3)cn1. The molecule has 1 unspecified atom stereocenters. The summed E-state index contributed by atoms with van der Waals surface area (Å²) in [5.74, 6) is 0. The van der Waals surface area contributed by atoms with Gasteiger partial charge in [0.05, 0.1) is 18.0 Å². The Morgan fingerprint density at radius 3 is 2.53 bits per heavy atom. The normalized spacial score (nSPS) is 31.9. The Bertz CT molecular complexity index is 376. The number of hydrogen-bond acceptors (Lipinski definition) is 3.